The van der Waals surface area contributed by atoms with Crippen LogP contribution in [0.2, 0.25) is 0 Å². The SMILES string of the molecule is O=C(C[N+]12CCC(CC1)[C@@H](OC(=O)[C@H](Nc1ccccc1)c1ccccc1)C2)c1ccc(F)cc1O.[Br-]. The van der Waals surface area contributed by atoms with Crippen LogP contribution in [-0.4, -0.2) is 53.6 Å². The number of aromatic hydroxyl groups is 1. The van der Waals surface area contributed by atoms with Crippen LogP contribution in [0.4, 0.5) is 10.1 Å². The van der Waals surface area contributed by atoms with E-state index < -0.39 is 11.9 Å². The molecule has 0 radical (unpaired) electrons. The highest BCUT2D eigenvalue weighted by molar-refractivity contribution is 5.99. The van der Waals surface area contributed by atoms with Crippen molar-refractivity contribution in [1.82, 2.24) is 0 Å². The summed E-state index contributed by atoms with van der Waals surface area (Å²) in [6.45, 7) is 2.37. The molecule has 6 rings (SSSR count). The Labute approximate surface area is 226 Å². The lowest BCUT2D eigenvalue weighted by Crippen LogP contribution is -3.00. The van der Waals surface area contributed by atoms with E-state index in [0.717, 1.165) is 43.2 Å². The van der Waals surface area contributed by atoms with E-state index in [9.17, 15) is 19.1 Å². The molecule has 3 heterocycles. The minimum Gasteiger partial charge on any atom is -1.00 e. The number of benzene rings is 3. The van der Waals surface area contributed by atoms with Gasteiger partial charge in [0.05, 0.1) is 18.7 Å². The van der Waals surface area contributed by atoms with E-state index in [0.29, 0.717) is 11.0 Å². The van der Waals surface area contributed by atoms with Crippen LogP contribution in [-0.2, 0) is 9.53 Å². The maximum Gasteiger partial charge on any atom is 0.333 e. The van der Waals surface area contributed by atoms with Gasteiger partial charge in [-0.25, -0.2) is 9.18 Å². The highest BCUT2D eigenvalue weighted by Crippen LogP contribution is 2.37. The zero-order valence-corrected chi connectivity index (χ0v) is 21.9. The summed E-state index contributed by atoms with van der Waals surface area (Å²) >= 11 is 0. The number of nitrogens with one attached hydrogen (secondary N) is 1. The van der Waals surface area contributed by atoms with Crippen molar-refractivity contribution >= 4 is 17.4 Å². The molecule has 0 spiro atoms. The van der Waals surface area contributed by atoms with E-state index in [1.165, 1.54) is 12.1 Å². The van der Waals surface area contributed by atoms with E-state index in [1.54, 1.807) is 0 Å². The molecule has 2 bridgehead atoms. The van der Waals surface area contributed by atoms with E-state index in [4.69, 9.17) is 4.74 Å². The molecule has 6 nitrogen and oxygen atoms in total. The molecule has 2 N–H and O–H groups in total. The van der Waals surface area contributed by atoms with E-state index in [1.807, 2.05) is 60.7 Å². The number of carbonyl (C=O) groups excluding carboxylic acids is 2. The first-order valence-electron chi connectivity index (χ1n) is 12.4. The molecule has 3 fully saturated rings. The Bertz CT molecular complexity index is 1230. The molecule has 0 saturated carbocycles. The molecular formula is C29H30BrFN2O4. The molecule has 2 atom stereocenters. The molecule has 0 aromatic heterocycles. The van der Waals surface area contributed by atoms with Crippen LogP contribution in [0.15, 0.2) is 78.9 Å². The maximum absolute atomic E-state index is 13.5. The zero-order chi connectivity index (χ0) is 25.1. The van der Waals surface area contributed by atoms with Crippen LogP contribution in [0.25, 0.3) is 0 Å². The summed E-state index contributed by atoms with van der Waals surface area (Å²) in [5, 5.41) is 13.4. The second-order valence-corrected chi connectivity index (χ2v) is 9.88. The number of hydrogen-bond donors (Lipinski definition) is 2. The first-order valence-corrected chi connectivity index (χ1v) is 12.4. The normalized spacial score (nSPS) is 22.9. The van der Waals surface area contributed by atoms with Gasteiger partial charge in [0.2, 0.25) is 5.78 Å². The third kappa shape index (κ3) is 6.02. The molecule has 3 aliphatic heterocycles. The van der Waals surface area contributed by atoms with Gasteiger partial charge in [0.15, 0.2) is 12.1 Å². The summed E-state index contributed by atoms with van der Waals surface area (Å²) in [4.78, 5) is 26.5. The van der Waals surface area contributed by atoms with Crippen molar-refractivity contribution in [1.29, 1.82) is 0 Å². The lowest BCUT2D eigenvalue weighted by molar-refractivity contribution is -0.938. The Morgan fingerprint density at radius 3 is 2.30 bits per heavy atom. The molecule has 194 valence electrons. The number of phenolic OH excluding ortho intramolecular Hbond substituents is 1. The number of halogens is 2. The van der Waals surface area contributed by atoms with Crippen molar-refractivity contribution in [2.24, 2.45) is 5.92 Å². The molecular weight excluding hydrogens is 539 g/mol. The molecule has 37 heavy (non-hydrogen) atoms. The lowest BCUT2D eigenvalue weighted by atomic mass is 9.82. The van der Waals surface area contributed by atoms with E-state index in [-0.39, 0.29) is 58.6 Å². The number of ether oxygens (including phenoxy) is 1. The average Bonchev–Trinajstić information content (AvgIpc) is 2.88. The van der Waals surface area contributed by atoms with Gasteiger partial charge in [-0.05, 0) is 29.8 Å². The predicted octanol–water partition coefficient (Wildman–Crippen LogP) is 1.72. The first kappa shape index (κ1) is 26.8. The largest absolute Gasteiger partial charge is 1.00 e. The third-order valence-corrected chi connectivity index (χ3v) is 7.50. The molecule has 0 amide bonds. The van der Waals surface area contributed by atoms with Gasteiger partial charge >= 0.3 is 5.97 Å². The summed E-state index contributed by atoms with van der Waals surface area (Å²) in [5.41, 5.74) is 1.77. The second kappa shape index (κ2) is 11.4. The Morgan fingerprint density at radius 1 is 1.00 bits per heavy atom. The van der Waals surface area contributed by atoms with Crippen molar-refractivity contribution in [3.05, 3.63) is 95.8 Å². The number of carbonyl (C=O) groups is 2. The number of esters is 1. The quantitative estimate of drug-likeness (QED) is 0.246. The molecule has 0 aliphatic carbocycles. The van der Waals surface area contributed by atoms with Gasteiger partial charge in [0, 0.05) is 30.5 Å². The smallest absolute Gasteiger partial charge is 0.333 e. The number of phenols is 1. The number of nitrogens with zero attached hydrogens (tertiary/aromatic N) is 1. The monoisotopic (exact) mass is 568 g/mol. The molecule has 3 aliphatic rings. The van der Waals surface area contributed by atoms with Gasteiger partial charge in [-0.1, -0.05) is 48.5 Å². The summed E-state index contributed by atoms with van der Waals surface area (Å²) in [6.07, 6.45) is 1.43. The minimum absolute atomic E-state index is 0. The van der Waals surface area contributed by atoms with E-state index in [2.05, 4.69) is 5.32 Å². The fourth-order valence-corrected chi connectivity index (χ4v) is 5.55. The Hall–Kier alpha value is -3.23. The van der Waals surface area contributed by atoms with Crippen LogP contribution < -0.4 is 22.3 Å². The van der Waals surface area contributed by atoms with Crippen LogP contribution in [0, 0.1) is 11.7 Å². The van der Waals surface area contributed by atoms with Crippen molar-refractivity contribution in [3.8, 4) is 5.75 Å². The van der Waals surface area contributed by atoms with Gasteiger partial charge in [0.1, 0.15) is 24.7 Å². The molecule has 3 saturated heterocycles. The fourth-order valence-electron chi connectivity index (χ4n) is 5.55. The summed E-state index contributed by atoms with van der Waals surface area (Å²) in [5.74, 6) is -1.24. The van der Waals surface area contributed by atoms with Crippen molar-refractivity contribution in [2.45, 2.75) is 25.0 Å². The number of quaternary nitrogens is 1. The predicted molar refractivity (Wildman–Crippen MR) is 134 cm³/mol. The van der Waals surface area contributed by atoms with Gasteiger partial charge in [-0.2, -0.15) is 0 Å². The van der Waals surface area contributed by atoms with Gasteiger partial charge in [-0.15, -0.1) is 0 Å². The summed E-state index contributed by atoms with van der Waals surface area (Å²) in [7, 11) is 0. The van der Waals surface area contributed by atoms with Gasteiger partial charge < -0.3 is 36.6 Å². The van der Waals surface area contributed by atoms with Crippen molar-refractivity contribution < 1.29 is 45.3 Å². The fraction of sp³-hybridized carbons (Fsp3) is 0.310. The maximum atomic E-state index is 13.5. The molecule has 8 heteroatoms. The number of fused-ring (bicyclic) bond motifs is 3. The number of para-hydroxylation sites is 1. The number of rotatable bonds is 8. The number of Topliss-reactive ketones (excluding diaryl/α,β-unsaturated/α-hetero) is 1. The Balaban J connectivity index is 0.00000320. The number of piperidine rings is 3. The topological polar surface area (TPSA) is 75.6 Å². The average molecular weight is 569 g/mol. The van der Waals surface area contributed by atoms with Crippen LogP contribution >= 0.6 is 0 Å². The number of hydrogen-bond acceptors (Lipinski definition) is 5. The number of ketones is 1. The Kier molecular flexibility index (Phi) is 8.29. The molecule has 3 aromatic carbocycles. The zero-order valence-electron chi connectivity index (χ0n) is 20.4. The highest BCUT2D eigenvalue weighted by Gasteiger charge is 2.49. The number of anilines is 1. The minimum atomic E-state index is -0.657. The van der Waals surface area contributed by atoms with Crippen molar-refractivity contribution in [2.75, 3.05) is 31.5 Å². The second-order valence-electron chi connectivity index (χ2n) is 9.88. The van der Waals surface area contributed by atoms with Crippen LogP contribution in [0.3, 0.4) is 0 Å². The van der Waals surface area contributed by atoms with Crippen LogP contribution in [0.1, 0.15) is 34.8 Å². The van der Waals surface area contributed by atoms with Gasteiger partial charge in [0.25, 0.3) is 0 Å². The van der Waals surface area contributed by atoms with E-state index >= 15 is 0 Å². The Morgan fingerprint density at radius 2 is 1.65 bits per heavy atom. The summed E-state index contributed by atoms with van der Waals surface area (Å²) in [6, 6.07) is 21.9. The third-order valence-electron chi connectivity index (χ3n) is 7.50. The van der Waals surface area contributed by atoms with Gasteiger partial charge in [-0.3, -0.25) is 4.79 Å². The van der Waals surface area contributed by atoms with Crippen LogP contribution in [0.5, 0.6) is 5.75 Å². The molecule has 3 aromatic rings. The standard InChI is InChI=1S/C29H29FN2O4.BrH/c30-22-11-12-24(25(33)17-22)26(34)18-32-15-13-20(14-16-32)27(19-32)36-29(35)28(21-7-3-1-4-8-21)31-23-9-5-2-6-10-23;/h1-12,17,20,27-28,31H,13-16,18-19H2;1H/t20?,27-,28+,32?;/m0./s1. The molecule has 0 unspecified atom stereocenters. The summed E-state index contributed by atoms with van der Waals surface area (Å²) < 4.78 is 20.0. The van der Waals surface area contributed by atoms with Crippen molar-refractivity contribution in [3.63, 3.8) is 0 Å². The highest BCUT2D eigenvalue weighted by atomic mass is 79.9. The first-order chi connectivity index (χ1) is 17.4. The lowest BCUT2D eigenvalue weighted by Gasteiger charge is -2.51.